The first-order valence-electron chi connectivity index (χ1n) is 7.06. The van der Waals surface area contributed by atoms with Crippen molar-refractivity contribution in [2.24, 2.45) is 0 Å². The van der Waals surface area contributed by atoms with Crippen molar-refractivity contribution in [1.29, 1.82) is 5.26 Å². The topological polar surface area (TPSA) is 56.1 Å². The number of rotatable bonds is 6. The molecule has 4 heteroatoms. The molecule has 4 nitrogen and oxygen atoms in total. The summed E-state index contributed by atoms with van der Waals surface area (Å²) < 4.78 is 0. The molecule has 0 aliphatic heterocycles. The highest BCUT2D eigenvalue weighted by Gasteiger charge is 2.22. The van der Waals surface area contributed by atoms with Crippen LogP contribution in [0.4, 0.5) is 5.69 Å². The van der Waals surface area contributed by atoms with Crippen LogP contribution in [-0.2, 0) is 4.79 Å². The average molecular weight is 273 g/mol. The fourth-order valence-corrected chi connectivity index (χ4v) is 2.28. The Morgan fingerprint density at radius 2 is 2.05 bits per heavy atom. The number of amides is 1. The standard InChI is InChI=1S/C16H23N3O/c1-5-15(6-2)19(4)12(3)16(20)18-14-9-7-8-13(10-14)11-17/h7-10,12,15H,5-6H2,1-4H3,(H,18,20). The molecule has 0 radical (unpaired) electrons. The molecular formula is C16H23N3O. The van der Waals surface area contributed by atoms with Gasteiger partial charge in [-0.3, -0.25) is 9.69 Å². The van der Waals surface area contributed by atoms with Crippen LogP contribution in [0.3, 0.4) is 0 Å². The van der Waals surface area contributed by atoms with Crippen LogP contribution in [0.15, 0.2) is 24.3 Å². The number of nitriles is 1. The van der Waals surface area contributed by atoms with Gasteiger partial charge in [-0.25, -0.2) is 0 Å². The number of likely N-dealkylation sites (N-methyl/N-ethyl adjacent to an activating group) is 1. The molecule has 20 heavy (non-hydrogen) atoms. The van der Waals surface area contributed by atoms with E-state index in [0.717, 1.165) is 12.8 Å². The molecular weight excluding hydrogens is 250 g/mol. The molecule has 0 fully saturated rings. The van der Waals surface area contributed by atoms with Crippen LogP contribution in [-0.4, -0.2) is 29.9 Å². The predicted octanol–water partition coefficient (Wildman–Crippen LogP) is 3.01. The Morgan fingerprint density at radius 1 is 1.40 bits per heavy atom. The summed E-state index contributed by atoms with van der Waals surface area (Å²) >= 11 is 0. The van der Waals surface area contributed by atoms with E-state index in [4.69, 9.17) is 5.26 Å². The molecule has 1 aromatic carbocycles. The molecule has 0 aliphatic carbocycles. The molecule has 1 N–H and O–H groups in total. The summed E-state index contributed by atoms with van der Waals surface area (Å²) in [6.07, 6.45) is 2.04. The lowest BCUT2D eigenvalue weighted by molar-refractivity contribution is -0.121. The van der Waals surface area contributed by atoms with Gasteiger partial charge < -0.3 is 5.32 Å². The zero-order valence-corrected chi connectivity index (χ0v) is 12.7. The van der Waals surface area contributed by atoms with Crippen LogP contribution >= 0.6 is 0 Å². The number of nitrogens with zero attached hydrogens (tertiary/aromatic N) is 2. The summed E-state index contributed by atoms with van der Waals surface area (Å²) in [5.74, 6) is -0.0468. The Morgan fingerprint density at radius 3 is 2.60 bits per heavy atom. The third-order valence-corrected chi connectivity index (χ3v) is 3.77. The van der Waals surface area contributed by atoms with Crippen molar-refractivity contribution >= 4 is 11.6 Å². The van der Waals surface area contributed by atoms with Gasteiger partial charge in [-0.05, 0) is 45.0 Å². The zero-order chi connectivity index (χ0) is 15.1. The second-order valence-corrected chi connectivity index (χ2v) is 4.99. The molecule has 1 aromatic rings. The lowest BCUT2D eigenvalue weighted by Gasteiger charge is -2.31. The number of carbonyl (C=O) groups is 1. The minimum atomic E-state index is -0.203. The molecule has 0 aliphatic rings. The number of benzene rings is 1. The van der Waals surface area contributed by atoms with Crippen molar-refractivity contribution in [2.75, 3.05) is 12.4 Å². The number of hydrogen-bond acceptors (Lipinski definition) is 3. The Bertz CT molecular complexity index is 489. The first-order chi connectivity index (χ1) is 9.53. The van der Waals surface area contributed by atoms with Crippen molar-refractivity contribution in [3.05, 3.63) is 29.8 Å². The van der Waals surface area contributed by atoms with E-state index in [1.54, 1.807) is 24.3 Å². The predicted molar refractivity (Wildman–Crippen MR) is 81.4 cm³/mol. The summed E-state index contributed by atoms with van der Waals surface area (Å²) in [6, 6.07) is 9.23. The van der Waals surface area contributed by atoms with Crippen molar-refractivity contribution < 1.29 is 4.79 Å². The van der Waals surface area contributed by atoms with E-state index < -0.39 is 0 Å². The summed E-state index contributed by atoms with van der Waals surface area (Å²) in [5, 5.41) is 11.7. The molecule has 1 atom stereocenters. The third kappa shape index (κ3) is 4.07. The molecule has 1 rings (SSSR count). The van der Waals surface area contributed by atoms with Crippen LogP contribution in [0.1, 0.15) is 39.2 Å². The van der Waals surface area contributed by atoms with Gasteiger partial charge in [0.25, 0.3) is 0 Å². The van der Waals surface area contributed by atoms with E-state index in [1.165, 1.54) is 0 Å². The van der Waals surface area contributed by atoms with Gasteiger partial charge in [0.2, 0.25) is 5.91 Å². The van der Waals surface area contributed by atoms with Gasteiger partial charge in [0.05, 0.1) is 17.7 Å². The zero-order valence-electron chi connectivity index (χ0n) is 12.7. The maximum absolute atomic E-state index is 12.3. The Balaban J connectivity index is 2.72. The summed E-state index contributed by atoms with van der Waals surface area (Å²) in [4.78, 5) is 14.4. The first kappa shape index (κ1) is 16.2. The first-order valence-corrected chi connectivity index (χ1v) is 7.06. The van der Waals surface area contributed by atoms with Crippen LogP contribution in [0, 0.1) is 11.3 Å². The second-order valence-electron chi connectivity index (χ2n) is 4.99. The van der Waals surface area contributed by atoms with Crippen LogP contribution in [0.2, 0.25) is 0 Å². The van der Waals surface area contributed by atoms with Crippen LogP contribution in [0.25, 0.3) is 0 Å². The Labute approximate surface area is 121 Å². The smallest absolute Gasteiger partial charge is 0.241 e. The fraction of sp³-hybridized carbons (Fsp3) is 0.500. The molecule has 0 saturated carbocycles. The number of anilines is 1. The van der Waals surface area contributed by atoms with Gasteiger partial charge in [0.1, 0.15) is 0 Å². The van der Waals surface area contributed by atoms with Gasteiger partial charge in [-0.1, -0.05) is 19.9 Å². The molecule has 0 spiro atoms. The van der Waals surface area contributed by atoms with Crippen LogP contribution < -0.4 is 5.32 Å². The average Bonchev–Trinajstić information content (AvgIpc) is 2.47. The van der Waals surface area contributed by atoms with E-state index in [2.05, 4.69) is 30.1 Å². The SMILES string of the molecule is CCC(CC)N(C)C(C)C(=O)Nc1cccc(C#N)c1. The number of hydrogen-bond donors (Lipinski definition) is 1. The lowest BCUT2D eigenvalue weighted by Crippen LogP contribution is -2.44. The van der Waals surface area contributed by atoms with E-state index in [-0.39, 0.29) is 11.9 Å². The van der Waals surface area contributed by atoms with Crippen molar-refractivity contribution in [1.82, 2.24) is 4.90 Å². The van der Waals surface area contributed by atoms with Crippen LogP contribution in [0.5, 0.6) is 0 Å². The van der Waals surface area contributed by atoms with Gasteiger partial charge in [-0.15, -0.1) is 0 Å². The number of nitrogens with one attached hydrogen (secondary N) is 1. The highest BCUT2D eigenvalue weighted by Crippen LogP contribution is 2.14. The number of carbonyl (C=O) groups excluding carboxylic acids is 1. The fourth-order valence-electron chi connectivity index (χ4n) is 2.28. The summed E-state index contributed by atoms with van der Waals surface area (Å²) in [7, 11) is 1.98. The maximum Gasteiger partial charge on any atom is 0.241 e. The quantitative estimate of drug-likeness (QED) is 0.866. The lowest BCUT2D eigenvalue weighted by atomic mass is 10.1. The molecule has 1 amide bonds. The van der Waals surface area contributed by atoms with Gasteiger partial charge >= 0.3 is 0 Å². The molecule has 0 bridgehead atoms. The van der Waals surface area contributed by atoms with Gasteiger partial charge in [0, 0.05) is 11.7 Å². The van der Waals surface area contributed by atoms with Crippen molar-refractivity contribution in [3.8, 4) is 6.07 Å². The maximum atomic E-state index is 12.3. The van der Waals surface area contributed by atoms with E-state index in [0.29, 0.717) is 17.3 Å². The van der Waals surface area contributed by atoms with Crippen molar-refractivity contribution in [3.63, 3.8) is 0 Å². The minimum Gasteiger partial charge on any atom is -0.325 e. The van der Waals surface area contributed by atoms with E-state index in [1.807, 2.05) is 14.0 Å². The van der Waals surface area contributed by atoms with E-state index >= 15 is 0 Å². The van der Waals surface area contributed by atoms with Gasteiger partial charge in [0.15, 0.2) is 0 Å². The highest BCUT2D eigenvalue weighted by molar-refractivity contribution is 5.94. The molecule has 0 heterocycles. The molecule has 108 valence electrons. The van der Waals surface area contributed by atoms with Crippen molar-refractivity contribution in [2.45, 2.75) is 45.7 Å². The molecule has 0 saturated heterocycles. The Hall–Kier alpha value is -1.86. The van der Waals surface area contributed by atoms with Gasteiger partial charge in [-0.2, -0.15) is 5.26 Å². The molecule has 1 unspecified atom stereocenters. The monoisotopic (exact) mass is 273 g/mol. The normalized spacial score (nSPS) is 12.2. The highest BCUT2D eigenvalue weighted by atomic mass is 16.2. The molecule has 0 aromatic heterocycles. The second kappa shape index (κ2) is 7.66. The Kier molecular flexibility index (Phi) is 6.20. The summed E-state index contributed by atoms with van der Waals surface area (Å²) in [6.45, 7) is 6.17. The minimum absolute atomic E-state index is 0.0468. The largest absolute Gasteiger partial charge is 0.325 e. The van der Waals surface area contributed by atoms with E-state index in [9.17, 15) is 4.79 Å². The summed E-state index contributed by atoms with van der Waals surface area (Å²) in [5.41, 5.74) is 1.21. The third-order valence-electron chi connectivity index (χ3n) is 3.77.